The van der Waals surface area contributed by atoms with Crippen LogP contribution in [0.15, 0.2) is 36.4 Å². The minimum atomic E-state index is -1.41. The van der Waals surface area contributed by atoms with E-state index in [1.165, 1.54) is 0 Å². The molecule has 0 aliphatic carbocycles. The van der Waals surface area contributed by atoms with Gasteiger partial charge in [0.25, 0.3) is 0 Å². The van der Waals surface area contributed by atoms with Gasteiger partial charge >= 0.3 is 5.97 Å². The molecular weight excluding hydrogens is 384 g/mol. The van der Waals surface area contributed by atoms with Gasteiger partial charge in [-0.05, 0) is 36.8 Å². The average Bonchev–Trinajstić information content (AvgIpc) is 2.96. The van der Waals surface area contributed by atoms with E-state index >= 15 is 0 Å². The molecule has 0 radical (unpaired) electrons. The summed E-state index contributed by atoms with van der Waals surface area (Å²) in [5.74, 6) is -2.36. The first-order chi connectivity index (χ1) is 12.4. The third-order valence-electron chi connectivity index (χ3n) is 4.11. The molecule has 3 rings (SSSR count). The molecule has 0 unspecified atom stereocenters. The molecule has 1 fully saturated rings. The predicted molar refractivity (Wildman–Crippen MR) is 95.8 cm³/mol. The van der Waals surface area contributed by atoms with E-state index < -0.39 is 17.3 Å². The van der Waals surface area contributed by atoms with Gasteiger partial charge in [0.1, 0.15) is 18.2 Å². The second-order valence-corrected chi connectivity index (χ2v) is 6.65. The summed E-state index contributed by atoms with van der Waals surface area (Å²) in [5.41, 5.74) is 0.171. The number of carbonyl (C=O) groups is 2. The van der Waals surface area contributed by atoms with Gasteiger partial charge in [0.2, 0.25) is 5.91 Å². The summed E-state index contributed by atoms with van der Waals surface area (Å²) >= 11 is 11.9. The monoisotopic (exact) mass is 397 g/mol. The molecule has 0 saturated carbocycles. The number of hydrogen-bond donors (Lipinski definition) is 1. The maximum atomic E-state index is 13.8. The van der Waals surface area contributed by atoms with Crippen molar-refractivity contribution >= 4 is 40.8 Å². The minimum absolute atomic E-state index is 0.00818. The summed E-state index contributed by atoms with van der Waals surface area (Å²) in [7, 11) is 0. The van der Waals surface area contributed by atoms with Crippen LogP contribution in [0.5, 0.6) is 5.75 Å². The molecule has 0 bridgehead atoms. The lowest BCUT2D eigenvalue weighted by Crippen LogP contribution is -2.37. The van der Waals surface area contributed by atoms with Crippen LogP contribution < -0.4 is 9.64 Å². The van der Waals surface area contributed by atoms with E-state index in [0.717, 1.165) is 12.1 Å². The Morgan fingerprint density at radius 1 is 1.27 bits per heavy atom. The maximum absolute atomic E-state index is 13.8. The van der Waals surface area contributed by atoms with Gasteiger partial charge in [0, 0.05) is 23.2 Å². The number of halogens is 3. The van der Waals surface area contributed by atoms with Gasteiger partial charge in [-0.1, -0.05) is 23.2 Å². The summed E-state index contributed by atoms with van der Waals surface area (Å²) < 4.78 is 19.4. The lowest BCUT2D eigenvalue weighted by molar-refractivity contribution is -0.117. The van der Waals surface area contributed by atoms with Crippen LogP contribution in [0.25, 0.3) is 0 Å². The number of benzene rings is 2. The number of anilines is 1. The number of carboxylic acids is 1. The highest BCUT2D eigenvalue weighted by Crippen LogP contribution is 2.31. The SMILES string of the molecule is O=C(O)c1cc(Cl)c(OC[C@H]2CCC(=O)N2c2ccc(Cl)cc2)cc1F. The fourth-order valence-electron chi connectivity index (χ4n) is 2.85. The molecule has 2 aromatic carbocycles. The Kier molecular flexibility index (Phi) is 5.34. The Hall–Kier alpha value is -2.31. The number of amides is 1. The molecule has 5 nitrogen and oxygen atoms in total. The van der Waals surface area contributed by atoms with Crippen LogP contribution in [0.4, 0.5) is 10.1 Å². The van der Waals surface area contributed by atoms with Crippen molar-refractivity contribution in [2.45, 2.75) is 18.9 Å². The lowest BCUT2D eigenvalue weighted by atomic mass is 10.2. The number of carboxylic acid groups (broad SMARTS) is 1. The van der Waals surface area contributed by atoms with E-state index in [1.807, 2.05) is 0 Å². The van der Waals surface area contributed by atoms with Crippen molar-refractivity contribution in [1.82, 2.24) is 0 Å². The van der Waals surface area contributed by atoms with E-state index in [2.05, 4.69) is 0 Å². The summed E-state index contributed by atoms with van der Waals surface area (Å²) in [6, 6.07) is 8.57. The third kappa shape index (κ3) is 3.76. The number of rotatable bonds is 5. The van der Waals surface area contributed by atoms with Gasteiger partial charge < -0.3 is 14.7 Å². The van der Waals surface area contributed by atoms with Crippen LogP contribution in [0.3, 0.4) is 0 Å². The summed E-state index contributed by atoms with van der Waals surface area (Å²) in [5, 5.41) is 9.46. The molecule has 1 heterocycles. The Bertz CT molecular complexity index is 857. The van der Waals surface area contributed by atoms with E-state index in [-0.39, 0.29) is 29.3 Å². The van der Waals surface area contributed by atoms with Crippen molar-refractivity contribution in [1.29, 1.82) is 0 Å². The van der Waals surface area contributed by atoms with Crippen LogP contribution in [-0.4, -0.2) is 29.6 Å². The molecule has 8 heteroatoms. The molecule has 1 saturated heterocycles. The van der Waals surface area contributed by atoms with Crippen molar-refractivity contribution in [2.24, 2.45) is 0 Å². The Balaban J connectivity index is 1.76. The number of carbonyl (C=O) groups excluding carboxylic acids is 1. The molecule has 1 aliphatic heterocycles. The van der Waals surface area contributed by atoms with Crippen molar-refractivity contribution < 1.29 is 23.8 Å². The smallest absolute Gasteiger partial charge is 0.338 e. The van der Waals surface area contributed by atoms with Crippen LogP contribution >= 0.6 is 23.2 Å². The Labute approximate surface area is 158 Å². The quantitative estimate of drug-likeness (QED) is 0.811. The molecule has 1 amide bonds. The molecule has 1 N–H and O–H groups in total. The molecule has 0 spiro atoms. The summed E-state index contributed by atoms with van der Waals surface area (Å²) in [4.78, 5) is 24.7. The fourth-order valence-corrected chi connectivity index (χ4v) is 3.19. The van der Waals surface area contributed by atoms with E-state index in [9.17, 15) is 14.0 Å². The minimum Gasteiger partial charge on any atom is -0.490 e. The highest BCUT2D eigenvalue weighted by Gasteiger charge is 2.33. The Morgan fingerprint density at radius 2 is 1.96 bits per heavy atom. The van der Waals surface area contributed by atoms with Gasteiger partial charge in [0.05, 0.1) is 16.6 Å². The number of hydrogen-bond acceptors (Lipinski definition) is 3. The average molecular weight is 398 g/mol. The molecular formula is C18H14Cl2FNO4. The topological polar surface area (TPSA) is 66.8 Å². The standard InChI is InChI=1S/C18H14Cl2FNO4/c19-10-1-3-11(4-2-10)22-12(5-6-17(22)23)9-26-16-8-15(21)13(18(24)25)7-14(16)20/h1-4,7-8,12H,5-6,9H2,(H,24,25)/t12-/m1/s1. The van der Waals surface area contributed by atoms with Crippen molar-refractivity contribution in [3.63, 3.8) is 0 Å². The van der Waals surface area contributed by atoms with Gasteiger partial charge in [-0.3, -0.25) is 4.79 Å². The van der Waals surface area contributed by atoms with Crippen molar-refractivity contribution in [3.05, 3.63) is 57.8 Å². The third-order valence-corrected chi connectivity index (χ3v) is 4.66. The zero-order chi connectivity index (χ0) is 18.8. The van der Waals surface area contributed by atoms with Crippen molar-refractivity contribution in [3.8, 4) is 5.75 Å². The first-order valence-electron chi connectivity index (χ1n) is 7.79. The van der Waals surface area contributed by atoms with Gasteiger partial charge in [-0.25, -0.2) is 9.18 Å². The number of ether oxygens (including phenoxy) is 1. The van der Waals surface area contributed by atoms with Gasteiger partial charge in [-0.2, -0.15) is 0 Å². The molecule has 2 aromatic rings. The maximum Gasteiger partial charge on any atom is 0.338 e. The second-order valence-electron chi connectivity index (χ2n) is 5.81. The van der Waals surface area contributed by atoms with Crippen LogP contribution in [0.1, 0.15) is 23.2 Å². The Morgan fingerprint density at radius 3 is 2.62 bits per heavy atom. The first kappa shape index (κ1) is 18.5. The summed E-state index contributed by atoms with van der Waals surface area (Å²) in [6.45, 7) is 0.0972. The predicted octanol–water partition coefficient (Wildman–Crippen LogP) is 4.41. The highest BCUT2D eigenvalue weighted by atomic mass is 35.5. The van der Waals surface area contributed by atoms with E-state index in [0.29, 0.717) is 23.6 Å². The highest BCUT2D eigenvalue weighted by molar-refractivity contribution is 6.32. The zero-order valence-electron chi connectivity index (χ0n) is 13.4. The zero-order valence-corrected chi connectivity index (χ0v) is 14.9. The molecule has 1 atom stereocenters. The molecule has 0 aromatic heterocycles. The van der Waals surface area contributed by atoms with Crippen molar-refractivity contribution in [2.75, 3.05) is 11.5 Å². The van der Waals surface area contributed by atoms with E-state index in [4.69, 9.17) is 33.0 Å². The van der Waals surface area contributed by atoms with Crippen LogP contribution in [-0.2, 0) is 4.79 Å². The molecule has 26 heavy (non-hydrogen) atoms. The van der Waals surface area contributed by atoms with E-state index in [1.54, 1.807) is 29.2 Å². The normalized spacial score (nSPS) is 16.8. The summed E-state index contributed by atoms with van der Waals surface area (Å²) in [6.07, 6.45) is 0.950. The second kappa shape index (κ2) is 7.51. The largest absolute Gasteiger partial charge is 0.490 e. The number of aromatic carboxylic acids is 1. The molecule has 136 valence electrons. The first-order valence-corrected chi connectivity index (χ1v) is 8.55. The van der Waals surface area contributed by atoms with Gasteiger partial charge in [-0.15, -0.1) is 0 Å². The number of nitrogens with zero attached hydrogens (tertiary/aromatic N) is 1. The van der Waals surface area contributed by atoms with Crippen LogP contribution in [0.2, 0.25) is 10.0 Å². The fraction of sp³-hybridized carbons (Fsp3) is 0.222. The molecule has 1 aliphatic rings. The lowest BCUT2D eigenvalue weighted by Gasteiger charge is -2.25. The van der Waals surface area contributed by atoms with Crippen LogP contribution in [0, 0.1) is 5.82 Å². The van der Waals surface area contributed by atoms with Gasteiger partial charge in [0.15, 0.2) is 0 Å².